The molecule has 1 aliphatic rings. The Balaban J connectivity index is 1.47. The quantitative estimate of drug-likeness (QED) is 0.720. The molecule has 26 heavy (non-hydrogen) atoms. The largest absolute Gasteiger partial charge is 0.342 e. The van der Waals surface area contributed by atoms with Gasteiger partial charge in [-0.05, 0) is 49.1 Å². The van der Waals surface area contributed by atoms with Crippen LogP contribution >= 0.6 is 0 Å². The number of hydrogen-bond donors (Lipinski definition) is 1. The summed E-state index contributed by atoms with van der Waals surface area (Å²) in [5.74, 6) is 1.34. The molecule has 0 aliphatic carbocycles. The molecule has 1 atom stereocenters. The second kappa shape index (κ2) is 7.16. The number of para-hydroxylation sites is 2. The van der Waals surface area contributed by atoms with Gasteiger partial charge in [-0.25, -0.2) is 4.98 Å². The van der Waals surface area contributed by atoms with Crippen LogP contribution in [0, 0.1) is 6.92 Å². The summed E-state index contributed by atoms with van der Waals surface area (Å²) >= 11 is 0. The molecular formula is C22H23N3O. The van der Waals surface area contributed by atoms with Gasteiger partial charge in [-0.1, -0.05) is 36.4 Å². The molecule has 1 aromatic heterocycles. The molecule has 1 N–H and O–H groups in total. The van der Waals surface area contributed by atoms with Gasteiger partial charge in [0.25, 0.3) is 0 Å². The molecule has 0 bridgehead atoms. The van der Waals surface area contributed by atoms with Crippen molar-refractivity contribution in [2.45, 2.75) is 25.7 Å². The smallest absolute Gasteiger partial charge is 0.246 e. The van der Waals surface area contributed by atoms with Gasteiger partial charge < -0.3 is 9.88 Å². The average Bonchev–Trinajstić information content (AvgIpc) is 3.11. The maximum absolute atomic E-state index is 12.6. The molecule has 1 fully saturated rings. The average molecular weight is 345 g/mol. The number of carbonyl (C=O) groups is 1. The monoisotopic (exact) mass is 345 g/mol. The molecule has 0 saturated carbocycles. The van der Waals surface area contributed by atoms with Crippen LogP contribution in [0.2, 0.25) is 0 Å². The number of piperidine rings is 1. The summed E-state index contributed by atoms with van der Waals surface area (Å²) in [6.07, 6.45) is 5.68. The van der Waals surface area contributed by atoms with E-state index in [0.717, 1.165) is 48.4 Å². The van der Waals surface area contributed by atoms with E-state index in [1.165, 1.54) is 5.56 Å². The van der Waals surface area contributed by atoms with Gasteiger partial charge in [0.2, 0.25) is 5.91 Å². The minimum atomic E-state index is 0.0778. The first-order chi connectivity index (χ1) is 12.7. The molecule has 132 valence electrons. The molecule has 1 saturated heterocycles. The van der Waals surface area contributed by atoms with E-state index < -0.39 is 0 Å². The van der Waals surface area contributed by atoms with Crippen LogP contribution in [0.4, 0.5) is 0 Å². The Morgan fingerprint density at radius 1 is 1.19 bits per heavy atom. The Morgan fingerprint density at radius 3 is 2.85 bits per heavy atom. The van der Waals surface area contributed by atoms with Crippen molar-refractivity contribution in [2.24, 2.45) is 0 Å². The molecule has 1 aliphatic heterocycles. The lowest BCUT2D eigenvalue weighted by Crippen LogP contribution is -2.38. The van der Waals surface area contributed by atoms with Crippen molar-refractivity contribution in [3.05, 3.63) is 71.6 Å². The fraction of sp³-hybridized carbons (Fsp3) is 0.273. The first kappa shape index (κ1) is 16.6. The Labute approximate surface area is 153 Å². The molecule has 4 rings (SSSR count). The van der Waals surface area contributed by atoms with E-state index in [4.69, 9.17) is 4.98 Å². The maximum Gasteiger partial charge on any atom is 0.246 e. The summed E-state index contributed by atoms with van der Waals surface area (Å²) < 4.78 is 0. The van der Waals surface area contributed by atoms with Gasteiger partial charge in [0.05, 0.1) is 11.0 Å². The number of aromatic nitrogens is 2. The van der Waals surface area contributed by atoms with Crippen LogP contribution in [0.15, 0.2) is 54.6 Å². The lowest BCUT2D eigenvalue weighted by atomic mass is 9.97. The third-order valence-electron chi connectivity index (χ3n) is 5.12. The van der Waals surface area contributed by atoms with Crippen molar-refractivity contribution in [1.29, 1.82) is 0 Å². The summed E-state index contributed by atoms with van der Waals surface area (Å²) in [7, 11) is 0. The fourth-order valence-electron chi connectivity index (χ4n) is 3.61. The molecule has 0 spiro atoms. The van der Waals surface area contributed by atoms with Gasteiger partial charge in [0.15, 0.2) is 0 Å². The zero-order valence-electron chi connectivity index (χ0n) is 15.0. The van der Waals surface area contributed by atoms with Gasteiger partial charge in [-0.15, -0.1) is 0 Å². The summed E-state index contributed by atoms with van der Waals surface area (Å²) in [6.45, 7) is 3.59. The van der Waals surface area contributed by atoms with Crippen LogP contribution in [-0.4, -0.2) is 33.9 Å². The van der Waals surface area contributed by atoms with Gasteiger partial charge in [-0.3, -0.25) is 4.79 Å². The Kier molecular flexibility index (Phi) is 4.57. The number of nitrogens with zero attached hydrogens (tertiary/aromatic N) is 2. The second-order valence-corrected chi connectivity index (χ2v) is 6.95. The Hall–Kier alpha value is -2.88. The fourth-order valence-corrected chi connectivity index (χ4v) is 3.61. The first-order valence-electron chi connectivity index (χ1n) is 9.18. The highest BCUT2D eigenvalue weighted by Gasteiger charge is 2.25. The molecular weight excluding hydrogens is 322 g/mol. The minimum absolute atomic E-state index is 0.0778. The van der Waals surface area contributed by atoms with Gasteiger partial charge in [0.1, 0.15) is 5.82 Å². The van der Waals surface area contributed by atoms with E-state index >= 15 is 0 Å². The van der Waals surface area contributed by atoms with Crippen molar-refractivity contribution < 1.29 is 4.79 Å². The van der Waals surface area contributed by atoms with E-state index in [9.17, 15) is 4.79 Å². The number of nitrogens with one attached hydrogen (secondary N) is 1. The topological polar surface area (TPSA) is 49.0 Å². The number of hydrogen-bond acceptors (Lipinski definition) is 2. The van der Waals surface area contributed by atoms with Crippen LogP contribution < -0.4 is 0 Å². The number of imidazole rings is 1. The predicted octanol–water partition coefficient (Wildman–Crippen LogP) is 4.29. The molecule has 4 heteroatoms. The number of H-pyrrole nitrogens is 1. The SMILES string of the molecule is Cc1ccccc1/C=C/C(=O)N1CCCC(c2nc3ccccc3[nH]2)C1. The normalized spacial score (nSPS) is 17.9. The zero-order chi connectivity index (χ0) is 17.9. The molecule has 2 heterocycles. The summed E-state index contributed by atoms with van der Waals surface area (Å²) in [5.41, 5.74) is 4.32. The highest BCUT2D eigenvalue weighted by atomic mass is 16.2. The number of rotatable bonds is 3. The molecule has 1 amide bonds. The highest BCUT2D eigenvalue weighted by molar-refractivity contribution is 5.92. The van der Waals surface area contributed by atoms with E-state index in [2.05, 4.69) is 18.0 Å². The van der Waals surface area contributed by atoms with Gasteiger partial charge in [-0.2, -0.15) is 0 Å². The maximum atomic E-state index is 12.6. The van der Waals surface area contributed by atoms with Crippen LogP contribution in [0.1, 0.15) is 35.7 Å². The number of benzene rings is 2. The van der Waals surface area contributed by atoms with Crippen molar-refractivity contribution >= 4 is 23.0 Å². The number of amides is 1. The van der Waals surface area contributed by atoms with E-state index in [1.54, 1.807) is 6.08 Å². The molecule has 0 radical (unpaired) electrons. The lowest BCUT2D eigenvalue weighted by Gasteiger charge is -2.31. The molecule has 3 aromatic rings. The van der Waals surface area contributed by atoms with E-state index in [-0.39, 0.29) is 11.8 Å². The molecule has 1 unspecified atom stereocenters. The van der Waals surface area contributed by atoms with E-state index in [1.807, 2.05) is 53.4 Å². The van der Waals surface area contributed by atoms with Gasteiger partial charge in [0, 0.05) is 25.1 Å². The lowest BCUT2D eigenvalue weighted by molar-refractivity contribution is -0.127. The van der Waals surface area contributed by atoms with Crippen molar-refractivity contribution in [3.63, 3.8) is 0 Å². The van der Waals surface area contributed by atoms with Gasteiger partial charge >= 0.3 is 0 Å². The van der Waals surface area contributed by atoms with Crippen LogP contribution in [0.5, 0.6) is 0 Å². The third-order valence-corrected chi connectivity index (χ3v) is 5.12. The van der Waals surface area contributed by atoms with Crippen LogP contribution in [0.3, 0.4) is 0 Å². The Bertz CT molecular complexity index is 924. The summed E-state index contributed by atoms with van der Waals surface area (Å²) in [5, 5.41) is 0. The first-order valence-corrected chi connectivity index (χ1v) is 9.18. The zero-order valence-corrected chi connectivity index (χ0v) is 15.0. The summed E-state index contributed by atoms with van der Waals surface area (Å²) in [4.78, 5) is 22.7. The number of likely N-dealkylation sites (tertiary alicyclic amines) is 1. The minimum Gasteiger partial charge on any atom is -0.342 e. The predicted molar refractivity (Wildman–Crippen MR) is 105 cm³/mol. The van der Waals surface area contributed by atoms with Crippen LogP contribution in [0.25, 0.3) is 17.1 Å². The highest BCUT2D eigenvalue weighted by Crippen LogP contribution is 2.27. The number of aromatic amines is 1. The van der Waals surface area contributed by atoms with Crippen molar-refractivity contribution in [2.75, 3.05) is 13.1 Å². The van der Waals surface area contributed by atoms with E-state index in [0.29, 0.717) is 0 Å². The second-order valence-electron chi connectivity index (χ2n) is 6.95. The number of aryl methyl sites for hydroxylation is 1. The van der Waals surface area contributed by atoms with Crippen LogP contribution in [-0.2, 0) is 4.79 Å². The summed E-state index contributed by atoms with van der Waals surface area (Å²) in [6, 6.07) is 16.2. The Morgan fingerprint density at radius 2 is 2.00 bits per heavy atom. The number of carbonyl (C=O) groups excluding carboxylic acids is 1. The molecule has 4 nitrogen and oxygen atoms in total. The van der Waals surface area contributed by atoms with Crippen molar-refractivity contribution in [3.8, 4) is 0 Å². The standard InChI is InChI=1S/C22H23N3O/c1-16-7-2-3-8-17(16)12-13-21(26)25-14-6-9-18(15-25)22-23-19-10-4-5-11-20(19)24-22/h2-5,7-8,10-13,18H,6,9,14-15H2,1H3,(H,23,24)/b13-12+. The van der Waals surface area contributed by atoms with Crippen molar-refractivity contribution in [1.82, 2.24) is 14.9 Å². The third kappa shape index (κ3) is 3.40. The molecule has 2 aromatic carbocycles. The number of fused-ring (bicyclic) bond motifs is 1.